The van der Waals surface area contributed by atoms with Crippen LogP contribution < -0.4 is 5.32 Å². The molecule has 0 aliphatic carbocycles. The van der Waals surface area contributed by atoms with Gasteiger partial charge in [-0.1, -0.05) is 13.8 Å². The van der Waals surface area contributed by atoms with Crippen LogP contribution in [0.4, 0.5) is 0 Å². The number of rotatable bonds is 6. The van der Waals surface area contributed by atoms with E-state index in [0.717, 1.165) is 39.0 Å². The van der Waals surface area contributed by atoms with Gasteiger partial charge in [0.05, 0.1) is 24.4 Å². The van der Waals surface area contributed by atoms with E-state index >= 15 is 0 Å². The fourth-order valence-electron chi connectivity index (χ4n) is 3.67. The number of amides is 1. The molecule has 128 valence electrons. The van der Waals surface area contributed by atoms with Crippen molar-refractivity contribution in [2.24, 2.45) is 5.92 Å². The quantitative estimate of drug-likeness (QED) is 0.812. The Morgan fingerprint density at radius 2 is 1.95 bits per heavy atom. The molecule has 2 rings (SSSR count). The standard InChI is InChI=1S/C17H32N2O3/c1-12(2)16(19-10-13(3)22-14(4)11-19)17(20)18-8-7-15-6-5-9-21-15/h12-16H,5-11H2,1-4H3,(H,18,20). The van der Waals surface area contributed by atoms with Gasteiger partial charge in [-0.3, -0.25) is 9.69 Å². The molecule has 2 fully saturated rings. The van der Waals surface area contributed by atoms with Crippen LogP contribution in [0.2, 0.25) is 0 Å². The van der Waals surface area contributed by atoms with E-state index in [9.17, 15) is 4.79 Å². The van der Waals surface area contributed by atoms with Gasteiger partial charge in [-0.2, -0.15) is 0 Å². The highest BCUT2D eigenvalue weighted by molar-refractivity contribution is 5.82. The number of nitrogens with one attached hydrogen (secondary N) is 1. The minimum Gasteiger partial charge on any atom is -0.378 e. The summed E-state index contributed by atoms with van der Waals surface area (Å²) in [6, 6.07) is -0.0710. The Balaban J connectivity index is 1.84. The average molecular weight is 312 g/mol. The molecule has 4 unspecified atom stereocenters. The Morgan fingerprint density at radius 3 is 2.50 bits per heavy atom. The Morgan fingerprint density at radius 1 is 1.27 bits per heavy atom. The highest BCUT2D eigenvalue weighted by Crippen LogP contribution is 2.19. The summed E-state index contributed by atoms with van der Waals surface area (Å²) in [4.78, 5) is 14.9. The molecular weight excluding hydrogens is 280 g/mol. The number of ether oxygens (including phenoxy) is 2. The van der Waals surface area contributed by atoms with E-state index in [4.69, 9.17) is 9.47 Å². The first-order chi connectivity index (χ1) is 10.5. The summed E-state index contributed by atoms with van der Waals surface area (Å²) in [7, 11) is 0. The van der Waals surface area contributed by atoms with Crippen LogP contribution in [0, 0.1) is 5.92 Å². The van der Waals surface area contributed by atoms with E-state index in [1.165, 1.54) is 0 Å². The SMILES string of the molecule is CC1CN(C(C(=O)NCCC2CCCO2)C(C)C)CC(C)O1. The van der Waals surface area contributed by atoms with Gasteiger partial charge in [-0.15, -0.1) is 0 Å². The molecule has 0 spiro atoms. The largest absolute Gasteiger partial charge is 0.378 e. The molecule has 0 radical (unpaired) electrons. The molecule has 0 aromatic rings. The van der Waals surface area contributed by atoms with Gasteiger partial charge in [0.25, 0.3) is 0 Å². The molecule has 0 aromatic carbocycles. The number of carbonyl (C=O) groups excluding carboxylic acids is 1. The molecular formula is C17H32N2O3. The number of nitrogens with zero attached hydrogens (tertiary/aromatic N) is 1. The molecule has 0 aromatic heterocycles. The Labute approximate surface area is 134 Å². The lowest BCUT2D eigenvalue weighted by molar-refractivity contribution is -0.135. The van der Waals surface area contributed by atoms with E-state index < -0.39 is 0 Å². The number of hydrogen-bond acceptors (Lipinski definition) is 4. The van der Waals surface area contributed by atoms with E-state index in [-0.39, 0.29) is 24.2 Å². The molecule has 22 heavy (non-hydrogen) atoms. The Bertz CT molecular complexity index is 346. The predicted octanol–water partition coefficient (Wildman–Crippen LogP) is 1.81. The van der Waals surface area contributed by atoms with Gasteiger partial charge in [-0.25, -0.2) is 0 Å². The topological polar surface area (TPSA) is 50.8 Å². The van der Waals surface area contributed by atoms with E-state index in [1.54, 1.807) is 0 Å². The first-order valence-corrected chi connectivity index (χ1v) is 8.76. The number of morpholine rings is 1. The molecule has 4 atom stereocenters. The second-order valence-corrected chi connectivity index (χ2v) is 7.11. The van der Waals surface area contributed by atoms with Crippen LogP contribution in [0.15, 0.2) is 0 Å². The van der Waals surface area contributed by atoms with Gasteiger partial charge in [-0.05, 0) is 39.0 Å². The highest BCUT2D eigenvalue weighted by atomic mass is 16.5. The van der Waals surface area contributed by atoms with Crippen molar-refractivity contribution >= 4 is 5.91 Å². The molecule has 1 amide bonds. The second-order valence-electron chi connectivity index (χ2n) is 7.11. The van der Waals surface area contributed by atoms with Gasteiger partial charge in [0.1, 0.15) is 0 Å². The van der Waals surface area contributed by atoms with Crippen LogP contribution in [-0.4, -0.2) is 61.4 Å². The third kappa shape index (κ3) is 4.93. The van der Waals surface area contributed by atoms with Crippen LogP contribution in [0.3, 0.4) is 0 Å². The Hall–Kier alpha value is -0.650. The van der Waals surface area contributed by atoms with Crippen LogP contribution in [-0.2, 0) is 14.3 Å². The second kappa shape index (κ2) is 8.27. The zero-order valence-electron chi connectivity index (χ0n) is 14.5. The normalized spacial score (nSPS) is 31.4. The Kier molecular flexibility index (Phi) is 6.66. The van der Waals surface area contributed by atoms with Gasteiger partial charge >= 0.3 is 0 Å². The summed E-state index contributed by atoms with van der Waals surface area (Å²) in [5.74, 6) is 0.439. The lowest BCUT2D eigenvalue weighted by Crippen LogP contribution is -2.57. The lowest BCUT2D eigenvalue weighted by Gasteiger charge is -2.41. The first kappa shape index (κ1) is 17.7. The molecule has 2 saturated heterocycles. The van der Waals surface area contributed by atoms with Crippen molar-refractivity contribution in [1.29, 1.82) is 0 Å². The number of hydrogen-bond donors (Lipinski definition) is 1. The fraction of sp³-hybridized carbons (Fsp3) is 0.941. The minimum absolute atomic E-state index is 0.0710. The predicted molar refractivity (Wildman–Crippen MR) is 86.8 cm³/mol. The highest BCUT2D eigenvalue weighted by Gasteiger charge is 2.34. The van der Waals surface area contributed by atoms with Gasteiger partial charge in [0.15, 0.2) is 0 Å². The van der Waals surface area contributed by atoms with Crippen molar-refractivity contribution in [3.05, 3.63) is 0 Å². The lowest BCUT2D eigenvalue weighted by atomic mass is 9.99. The zero-order valence-corrected chi connectivity index (χ0v) is 14.5. The maximum atomic E-state index is 12.6. The summed E-state index contributed by atoms with van der Waals surface area (Å²) in [5.41, 5.74) is 0. The molecule has 5 nitrogen and oxygen atoms in total. The van der Waals surface area contributed by atoms with Crippen molar-refractivity contribution in [3.63, 3.8) is 0 Å². The van der Waals surface area contributed by atoms with Crippen molar-refractivity contribution in [2.75, 3.05) is 26.2 Å². The molecule has 5 heteroatoms. The van der Waals surface area contributed by atoms with Crippen LogP contribution >= 0.6 is 0 Å². The fourth-order valence-corrected chi connectivity index (χ4v) is 3.67. The molecule has 0 bridgehead atoms. The van der Waals surface area contributed by atoms with Crippen LogP contribution in [0.5, 0.6) is 0 Å². The van der Waals surface area contributed by atoms with Crippen molar-refractivity contribution in [3.8, 4) is 0 Å². The summed E-state index contributed by atoms with van der Waals surface area (Å²) in [6.45, 7) is 11.6. The molecule has 0 saturated carbocycles. The van der Waals surface area contributed by atoms with Crippen molar-refractivity contribution in [2.45, 2.75) is 71.3 Å². The van der Waals surface area contributed by atoms with Gasteiger partial charge < -0.3 is 14.8 Å². The van der Waals surface area contributed by atoms with Gasteiger partial charge in [0, 0.05) is 26.2 Å². The monoisotopic (exact) mass is 312 g/mol. The summed E-state index contributed by atoms with van der Waals surface area (Å²) in [5, 5.41) is 3.12. The van der Waals surface area contributed by atoms with Crippen molar-refractivity contribution in [1.82, 2.24) is 10.2 Å². The van der Waals surface area contributed by atoms with Crippen molar-refractivity contribution < 1.29 is 14.3 Å². The van der Waals surface area contributed by atoms with Gasteiger partial charge in [0.2, 0.25) is 5.91 Å². The maximum Gasteiger partial charge on any atom is 0.237 e. The summed E-state index contributed by atoms with van der Waals surface area (Å²) >= 11 is 0. The maximum absolute atomic E-state index is 12.6. The summed E-state index contributed by atoms with van der Waals surface area (Å²) in [6.07, 6.45) is 3.90. The third-order valence-electron chi connectivity index (χ3n) is 4.53. The van der Waals surface area contributed by atoms with Crippen LogP contribution in [0.1, 0.15) is 47.0 Å². The number of carbonyl (C=O) groups is 1. The average Bonchev–Trinajstić information content (AvgIpc) is 2.90. The molecule has 1 N–H and O–H groups in total. The van der Waals surface area contributed by atoms with E-state index in [2.05, 4.69) is 37.9 Å². The minimum atomic E-state index is -0.0710. The molecule has 2 heterocycles. The van der Waals surface area contributed by atoms with Crippen LogP contribution in [0.25, 0.3) is 0 Å². The molecule has 2 aliphatic rings. The zero-order chi connectivity index (χ0) is 16.1. The first-order valence-electron chi connectivity index (χ1n) is 8.76. The smallest absolute Gasteiger partial charge is 0.237 e. The summed E-state index contributed by atoms with van der Waals surface area (Å²) < 4.78 is 11.4. The molecule has 2 aliphatic heterocycles. The van der Waals surface area contributed by atoms with E-state index in [1.807, 2.05) is 0 Å². The third-order valence-corrected chi connectivity index (χ3v) is 4.53. The van der Waals surface area contributed by atoms with E-state index in [0.29, 0.717) is 18.6 Å².